The number of benzene rings is 1. The molecule has 0 N–H and O–H groups in total. The fourth-order valence-corrected chi connectivity index (χ4v) is 2.62. The molecule has 0 aromatic heterocycles. The van der Waals surface area contributed by atoms with Gasteiger partial charge in [0.2, 0.25) is 0 Å². The van der Waals surface area contributed by atoms with E-state index in [1.54, 1.807) is 19.1 Å². The van der Waals surface area contributed by atoms with Crippen molar-refractivity contribution < 1.29 is 26.9 Å². The van der Waals surface area contributed by atoms with E-state index in [0.29, 0.717) is 0 Å². The number of ether oxygens (including phenoxy) is 2. The smallest absolute Gasteiger partial charge is 0.333 e. The molecule has 0 radical (unpaired) electrons. The van der Waals surface area contributed by atoms with Crippen molar-refractivity contribution >= 4 is 16.1 Å². The highest BCUT2D eigenvalue weighted by molar-refractivity contribution is 7.86. The largest absolute Gasteiger partial charge is 0.495 e. The molecule has 24 heavy (non-hydrogen) atoms. The third-order valence-corrected chi connectivity index (χ3v) is 4.48. The van der Waals surface area contributed by atoms with Crippen LogP contribution in [-0.4, -0.2) is 33.7 Å². The van der Waals surface area contributed by atoms with Gasteiger partial charge in [-0.05, 0) is 31.9 Å². The molecule has 7 heteroatoms. The molecule has 0 amide bonds. The summed E-state index contributed by atoms with van der Waals surface area (Å²) in [6.45, 7) is 7.42. The van der Waals surface area contributed by atoms with Crippen LogP contribution < -0.4 is 0 Å². The third kappa shape index (κ3) is 6.72. The van der Waals surface area contributed by atoms with Crippen LogP contribution in [0.25, 0.3) is 0 Å². The third-order valence-electron chi connectivity index (χ3n) is 3.18. The van der Waals surface area contributed by atoms with E-state index in [1.165, 1.54) is 18.4 Å². The Bertz CT molecular complexity index is 646. The molecule has 0 spiro atoms. The maximum Gasteiger partial charge on any atom is 0.333 e. The lowest BCUT2D eigenvalue weighted by molar-refractivity contribution is -0.137. The van der Waals surface area contributed by atoms with Gasteiger partial charge in [-0.15, -0.1) is 0 Å². The number of rotatable bonds is 9. The zero-order chi connectivity index (χ0) is 18.2. The SMILES string of the molecule is CCOC(=O)/C=C/OC(COS(=O)(=O)c1ccc(C)cc1)C(C)C. The van der Waals surface area contributed by atoms with Crippen LogP contribution in [-0.2, 0) is 28.6 Å². The topological polar surface area (TPSA) is 78.9 Å². The zero-order valence-electron chi connectivity index (χ0n) is 14.4. The van der Waals surface area contributed by atoms with Crippen molar-refractivity contribution in [1.82, 2.24) is 0 Å². The first-order valence-corrected chi connectivity index (χ1v) is 9.12. The highest BCUT2D eigenvalue weighted by Crippen LogP contribution is 2.16. The summed E-state index contributed by atoms with van der Waals surface area (Å²) in [7, 11) is -3.85. The monoisotopic (exact) mass is 356 g/mol. The van der Waals surface area contributed by atoms with Gasteiger partial charge in [0.25, 0.3) is 10.1 Å². The molecular weight excluding hydrogens is 332 g/mol. The molecule has 6 nitrogen and oxygen atoms in total. The number of hydrogen-bond acceptors (Lipinski definition) is 6. The predicted octanol–water partition coefficient (Wildman–Crippen LogP) is 2.82. The van der Waals surface area contributed by atoms with Gasteiger partial charge in [-0.3, -0.25) is 4.18 Å². The number of esters is 1. The first kappa shape index (κ1) is 20.2. The lowest BCUT2D eigenvalue weighted by atomic mass is 10.1. The van der Waals surface area contributed by atoms with Crippen LogP contribution >= 0.6 is 0 Å². The van der Waals surface area contributed by atoms with Crippen molar-refractivity contribution in [2.75, 3.05) is 13.2 Å². The van der Waals surface area contributed by atoms with E-state index >= 15 is 0 Å². The minimum absolute atomic E-state index is 0.00920. The molecule has 134 valence electrons. The van der Waals surface area contributed by atoms with Gasteiger partial charge in [0.15, 0.2) is 0 Å². The first-order valence-electron chi connectivity index (χ1n) is 7.71. The molecule has 1 aromatic carbocycles. The lowest BCUT2D eigenvalue weighted by Gasteiger charge is -2.20. The van der Waals surface area contributed by atoms with Crippen LogP contribution in [0.15, 0.2) is 41.5 Å². The maximum absolute atomic E-state index is 12.2. The highest BCUT2D eigenvalue weighted by Gasteiger charge is 2.21. The second-order valence-electron chi connectivity index (χ2n) is 5.53. The maximum atomic E-state index is 12.2. The fraction of sp³-hybridized carbons (Fsp3) is 0.471. The Morgan fingerprint density at radius 2 is 1.83 bits per heavy atom. The summed E-state index contributed by atoms with van der Waals surface area (Å²) in [6.07, 6.45) is 1.83. The Morgan fingerprint density at radius 1 is 1.21 bits per heavy atom. The van der Waals surface area contributed by atoms with Crippen molar-refractivity contribution in [2.45, 2.75) is 38.7 Å². The number of hydrogen-bond donors (Lipinski definition) is 0. The van der Waals surface area contributed by atoms with Crippen LogP contribution in [0.2, 0.25) is 0 Å². The molecule has 0 heterocycles. The molecule has 1 unspecified atom stereocenters. The van der Waals surface area contributed by atoms with Crippen LogP contribution in [0.4, 0.5) is 0 Å². The molecule has 1 aromatic rings. The van der Waals surface area contributed by atoms with E-state index in [2.05, 4.69) is 0 Å². The highest BCUT2D eigenvalue weighted by atomic mass is 32.2. The molecule has 0 saturated carbocycles. The zero-order valence-corrected chi connectivity index (χ0v) is 15.2. The summed E-state index contributed by atoms with van der Waals surface area (Å²) in [5, 5.41) is 0. The second kappa shape index (κ2) is 9.44. The van der Waals surface area contributed by atoms with E-state index in [4.69, 9.17) is 13.7 Å². The minimum Gasteiger partial charge on any atom is -0.495 e. The van der Waals surface area contributed by atoms with Gasteiger partial charge >= 0.3 is 5.97 Å². The summed E-state index contributed by atoms with van der Waals surface area (Å²) >= 11 is 0. The standard InChI is InChI=1S/C17H24O6S/c1-5-21-17(18)10-11-22-16(13(2)3)12-23-24(19,20)15-8-6-14(4)7-9-15/h6-11,13,16H,5,12H2,1-4H3/b11-10+. The fourth-order valence-electron chi connectivity index (χ4n) is 1.70. The molecule has 0 aliphatic carbocycles. The van der Waals surface area contributed by atoms with Gasteiger partial charge < -0.3 is 9.47 Å². The Hall–Kier alpha value is -1.86. The molecule has 1 atom stereocenters. The van der Waals surface area contributed by atoms with Crippen molar-refractivity contribution in [3.8, 4) is 0 Å². The van der Waals surface area contributed by atoms with Gasteiger partial charge in [0, 0.05) is 0 Å². The molecule has 0 aliphatic heterocycles. The lowest BCUT2D eigenvalue weighted by Crippen LogP contribution is -2.26. The van der Waals surface area contributed by atoms with E-state index in [9.17, 15) is 13.2 Å². The minimum atomic E-state index is -3.85. The van der Waals surface area contributed by atoms with Crippen molar-refractivity contribution in [1.29, 1.82) is 0 Å². The predicted molar refractivity (Wildman–Crippen MR) is 89.8 cm³/mol. The van der Waals surface area contributed by atoms with Crippen LogP contribution in [0.5, 0.6) is 0 Å². The molecule has 0 saturated heterocycles. The van der Waals surface area contributed by atoms with Crippen molar-refractivity contribution in [3.05, 3.63) is 42.2 Å². The Balaban J connectivity index is 2.65. The van der Waals surface area contributed by atoms with Crippen LogP contribution in [0.1, 0.15) is 26.3 Å². The van der Waals surface area contributed by atoms with Gasteiger partial charge in [-0.1, -0.05) is 31.5 Å². The Labute approximate surface area is 143 Å². The number of carbonyl (C=O) groups excluding carboxylic acids is 1. The quantitative estimate of drug-likeness (QED) is 0.293. The summed E-state index contributed by atoms with van der Waals surface area (Å²) in [6, 6.07) is 6.40. The van der Waals surface area contributed by atoms with E-state index in [0.717, 1.165) is 11.6 Å². The summed E-state index contributed by atoms with van der Waals surface area (Å²) in [5.41, 5.74) is 0.960. The molecule has 0 bridgehead atoms. The normalized spacial score (nSPS) is 13.2. The summed E-state index contributed by atoms with van der Waals surface area (Å²) in [5.74, 6) is -0.529. The van der Waals surface area contributed by atoms with Crippen molar-refractivity contribution in [3.63, 3.8) is 0 Å². The summed E-state index contributed by atoms with van der Waals surface area (Å²) in [4.78, 5) is 11.3. The Morgan fingerprint density at radius 3 is 2.38 bits per heavy atom. The van der Waals surface area contributed by atoms with Gasteiger partial charge in [-0.2, -0.15) is 8.42 Å². The molecular formula is C17H24O6S. The van der Waals surface area contributed by atoms with Gasteiger partial charge in [0.05, 0.1) is 23.8 Å². The average molecular weight is 356 g/mol. The second-order valence-corrected chi connectivity index (χ2v) is 7.14. The van der Waals surface area contributed by atoms with Crippen molar-refractivity contribution in [2.24, 2.45) is 5.92 Å². The van der Waals surface area contributed by atoms with Crippen LogP contribution in [0.3, 0.4) is 0 Å². The molecule has 0 fully saturated rings. The first-order chi connectivity index (χ1) is 11.3. The average Bonchev–Trinajstić information content (AvgIpc) is 2.51. The van der Waals surface area contributed by atoms with E-state index in [-0.39, 0.29) is 24.0 Å². The van der Waals surface area contributed by atoms with Crippen LogP contribution in [0, 0.1) is 12.8 Å². The summed E-state index contributed by atoms with van der Waals surface area (Å²) < 4.78 is 39.5. The molecule has 1 rings (SSSR count). The Kier molecular flexibility index (Phi) is 7.94. The van der Waals surface area contributed by atoms with E-state index in [1.807, 2.05) is 20.8 Å². The van der Waals surface area contributed by atoms with Gasteiger partial charge in [0.1, 0.15) is 12.7 Å². The van der Waals surface area contributed by atoms with E-state index < -0.39 is 22.2 Å². The molecule has 0 aliphatic rings. The number of aryl methyl sites for hydroxylation is 1. The number of carbonyl (C=O) groups is 1. The van der Waals surface area contributed by atoms with Gasteiger partial charge in [-0.25, -0.2) is 4.79 Å².